The molecule has 0 radical (unpaired) electrons. The number of aromatic nitrogens is 4. The van der Waals surface area contributed by atoms with E-state index in [1.165, 1.54) is 24.0 Å². The van der Waals surface area contributed by atoms with E-state index < -0.39 is 12.6 Å². The molecule has 4 aromatic rings. The van der Waals surface area contributed by atoms with E-state index in [2.05, 4.69) is 37.4 Å². The number of rotatable bonds is 6. The third-order valence-electron chi connectivity index (χ3n) is 3.77. The number of carboxylic acid groups (broad SMARTS) is 1. The zero-order chi connectivity index (χ0) is 21.3. The summed E-state index contributed by atoms with van der Waals surface area (Å²) in [6.07, 6.45) is 3.13. The SMILES string of the molecule is O=C(O)COc1ccc(Cl)cc1Cl.c1ccc(CNc2ncnc3nc[nH]c23)cc1. The number of anilines is 1. The van der Waals surface area contributed by atoms with Gasteiger partial charge in [0.25, 0.3) is 0 Å². The fourth-order valence-corrected chi connectivity index (χ4v) is 2.88. The van der Waals surface area contributed by atoms with Gasteiger partial charge in [0.1, 0.15) is 17.6 Å². The van der Waals surface area contributed by atoms with Crippen LogP contribution in [0.4, 0.5) is 5.82 Å². The molecule has 0 spiro atoms. The number of benzene rings is 2. The van der Waals surface area contributed by atoms with Gasteiger partial charge in [0.2, 0.25) is 0 Å². The normalized spacial score (nSPS) is 10.2. The number of imidazole rings is 1. The van der Waals surface area contributed by atoms with E-state index in [1.807, 2.05) is 18.2 Å². The molecule has 2 aromatic heterocycles. The summed E-state index contributed by atoms with van der Waals surface area (Å²) in [4.78, 5) is 25.5. The summed E-state index contributed by atoms with van der Waals surface area (Å²) in [6, 6.07) is 14.8. The minimum atomic E-state index is -1.05. The Morgan fingerprint density at radius 3 is 2.63 bits per heavy atom. The Hall–Kier alpha value is -3.36. The maximum Gasteiger partial charge on any atom is 0.341 e. The van der Waals surface area contributed by atoms with Crippen LogP contribution in [0.25, 0.3) is 11.2 Å². The molecule has 30 heavy (non-hydrogen) atoms. The lowest BCUT2D eigenvalue weighted by molar-refractivity contribution is -0.139. The minimum Gasteiger partial charge on any atom is -0.480 e. The van der Waals surface area contributed by atoms with Crippen molar-refractivity contribution in [2.24, 2.45) is 0 Å². The molecule has 2 aromatic carbocycles. The highest BCUT2D eigenvalue weighted by molar-refractivity contribution is 6.35. The van der Waals surface area contributed by atoms with E-state index in [9.17, 15) is 4.79 Å². The molecule has 0 saturated heterocycles. The number of aliphatic carboxylic acids is 1. The molecular weight excluding hydrogens is 429 g/mol. The van der Waals surface area contributed by atoms with E-state index in [-0.39, 0.29) is 0 Å². The molecule has 3 N–H and O–H groups in total. The Balaban J connectivity index is 0.000000178. The first kappa shape index (κ1) is 21.4. The second-order valence-corrected chi connectivity index (χ2v) is 6.76. The van der Waals surface area contributed by atoms with Gasteiger partial charge in [-0.25, -0.2) is 19.7 Å². The van der Waals surface area contributed by atoms with Crippen LogP contribution in [0.15, 0.2) is 61.2 Å². The van der Waals surface area contributed by atoms with Crippen LogP contribution in [0.2, 0.25) is 10.0 Å². The van der Waals surface area contributed by atoms with Crippen LogP contribution in [0.3, 0.4) is 0 Å². The first-order valence-corrected chi connectivity index (χ1v) is 9.50. The number of carboxylic acids is 1. The Morgan fingerprint density at radius 1 is 1.10 bits per heavy atom. The smallest absolute Gasteiger partial charge is 0.341 e. The van der Waals surface area contributed by atoms with Crippen LogP contribution in [-0.2, 0) is 11.3 Å². The first-order chi connectivity index (χ1) is 14.5. The molecule has 0 aliphatic rings. The molecule has 2 heterocycles. The van der Waals surface area contributed by atoms with E-state index in [4.69, 9.17) is 33.0 Å². The number of carbonyl (C=O) groups is 1. The van der Waals surface area contributed by atoms with Gasteiger partial charge in [-0.15, -0.1) is 0 Å². The van der Waals surface area contributed by atoms with Crippen molar-refractivity contribution < 1.29 is 14.6 Å². The molecule has 0 fully saturated rings. The van der Waals surface area contributed by atoms with Gasteiger partial charge in [-0.05, 0) is 23.8 Å². The highest BCUT2D eigenvalue weighted by Gasteiger charge is 2.05. The molecule has 0 aliphatic carbocycles. The third kappa shape index (κ3) is 6.07. The summed E-state index contributed by atoms with van der Waals surface area (Å²) < 4.78 is 4.86. The summed E-state index contributed by atoms with van der Waals surface area (Å²) in [7, 11) is 0. The van der Waals surface area contributed by atoms with Gasteiger partial charge in [-0.2, -0.15) is 0 Å². The minimum absolute atomic E-state index is 0.300. The maximum absolute atomic E-state index is 10.2. The van der Waals surface area contributed by atoms with Crippen molar-refractivity contribution in [1.29, 1.82) is 0 Å². The van der Waals surface area contributed by atoms with Gasteiger partial charge in [0.05, 0.1) is 11.3 Å². The quantitative estimate of drug-likeness (QED) is 0.402. The van der Waals surface area contributed by atoms with Crippen molar-refractivity contribution in [3.8, 4) is 5.75 Å². The second-order valence-electron chi connectivity index (χ2n) is 5.92. The lowest BCUT2D eigenvalue weighted by atomic mass is 10.2. The van der Waals surface area contributed by atoms with Crippen LogP contribution in [-0.4, -0.2) is 37.6 Å². The van der Waals surface area contributed by atoms with Crippen LogP contribution < -0.4 is 10.1 Å². The molecular formula is C20H17Cl2N5O3. The Bertz CT molecular complexity index is 1120. The van der Waals surface area contributed by atoms with Crippen molar-refractivity contribution in [1.82, 2.24) is 19.9 Å². The predicted octanol–water partition coefficient (Wildman–Crippen LogP) is 4.42. The van der Waals surface area contributed by atoms with Crippen LogP contribution >= 0.6 is 23.2 Å². The third-order valence-corrected chi connectivity index (χ3v) is 4.30. The van der Waals surface area contributed by atoms with Gasteiger partial charge in [-0.3, -0.25) is 0 Å². The Kier molecular flexibility index (Phi) is 7.42. The Morgan fingerprint density at radius 2 is 1.90 bits per heavy atom. The number of H-pyrrole nitrogens is 1. The van der Waals surface area contributed by atoms with Crippen LogP contribution in [0, 0.1) is 0 Å². The lowest BCUT2D eigenvalue weighted by Crippen LogP contribution is -2.09. The monoisotopic (exact) mass is 445 g/mol. The first-order valence-electron chi connectivity index (χ1n) is 8.74. The van der Waals surface area contributed by atoms with E-state index in [1.54, 1.807) is 12.4 Å². The van der Waals surface area contributed by atoms with E-state index >= 15 is 0 Å². The van der Waals surface area contributed by atoms with Gasteiger partial charge >= 0.3 is 5.97 Å². The van der Waals surface area contributed by atoms with E-state index in [0.717, 1.165) is 17.9 Å². The molecule has 0 aliphatic heterocycles. The number of nitrogens with zero attached hydrogens (tertiary/aromatic N) is 3. The highest BCUT2D eigenvalue weighted by atomic mass is 35.5. The van der Waals surface area contributed by atoms with Gasteiger partial charge in [0.15, 0.2) is 18.1 Å². The molecule has 0 unspecified atom stereocenters. The largest absolute Gasteiger partial charge is 0.480 e. The molecule has 10 heteroatoms. The lowest BCUT2D eigenvalue weighted by Gasteiger charge is -2.05. The standard InChI is InChI=1S/C12H11N5.C8H6Cl2O3/c1-2-4-9(5-3-1)6-13-11-10-12(15-7-14-10)17-8-16-11;9-5-1-2-7(6(10)3-5)13-4-8(11)12/h1-5,7-8H,6H2,(H2,13,14,15,16,17);1-3H,4H2,(H,11,12). The number of ether oxygens (including phenoxy) is 1. The van der Waals surface area contributed by atoms with Gasteiger partial charge < -0.3 is 20.1 Å². The Labute approximate surface area is 181 Å². The summed E-state index contributed by atoms with van der Waals surface area (Å²) in [6.45, 7) is 0.313. The predicted molar refractivity (Wildman–Crippen MR) is 115 cm³/mol. The molecule has 0 atom stereocenters. The van der Waals surface area contributed by atoms with Gasteiger partial charge in [0, 0.05) is 11.6 Å². The topological polar surface area (TPSA) is 113 Å². The highest BCUT2D eigenvalue weighted by Crippen LogP contribution is 2.27. The van der Waals surface area contributed by atoms with Crippen molar-refractivity contribution in [2.45, 2.75) is 6.54 Å². The second kappa shape index (κ2) is 10.4. The summed E-state index contributed by atoms with van der Waals surface area (Å²) in [5, 5.41) is 12.4. The van der Waals surface area contributed by atoms with Crippen LogP contribution in [0.1, 0.15) is 5.56 Å². The number of aromatic amines is 1. The number of nitrogens with one attached hydrogen (secondary N) is 2. The molecule has 0 saturated carbocycles. The van der Waals surface area contributed by atoms with Crippen LogP contribution in [0.5, 0.6) is 5.75 Å². The van der Waals surface area contributed by atoms with Crippen molar-refractivity contribution in [2.75, 3.05) is 11.9 Å². The summed E-state index contributed by atoms with van der Waals surface area (Å²) >= 11 is 11.3. The molecule has 4 rings (SSSR count). The maximum atomic E-state index is 10.2. The fourth-order valence-electron chi connectivity index (χ4n) is 2.41. The van der Waals surface area contributed by atoms with Crippen molar-refractivity contribution >= 4 is 46.2 Å². The number of hydrogen-bond acceptors (Lipinski definition) is 6. The average Bonchev–Trinajstić information content (AvgIpc) is 3.22. The fraction of sp³-hybridized carbons (Fsp3) is 0.100. The zero-order valence-electron chi connectivity index (χ0n) is 15.5. The molecule has 154 valence electrons. The average molecular weight is 446 g/mol. The molecule has 0 amide bonds. The van der Waals surface area contributed by atoms with Gasteiger partial charge in [-0.1, -0.05) is 53.5 Å². The number of halogens is 2. The summed E-state index contributed by atoms with van der Waals surface area (Å²) in [5.41, 5.74) is 2.72. The number of hydrogen-bond donors (Lipinski definition) is 3. The summed E-state index contributed by atoms with van der Waals surface area (Å²) in [5.74, 6) is 0.0378. The van der Waals surface area contributed by atoms with E-state index in [0.29, 0.717) is 21.4 Å². The molecule has 8 nitrogen and oxygen atoms in total. The number of fused-ring (bicyclic) bond motifs is 1. The van der Waals surface area contributed by atoms with Crippen molar-refractivity contribution in [3.63, 3.8) is 0 Å². The van der Waals surface area contributed by atoms with Crippen molar-refractivity contribution in [3.05, 3.63) is 76.8 Å². The zero-order valence-corrected chi connectivity index (χ0v) is 17.1. The molecule has 0 bridgehead atoms.